The summed E-state index contributed by atoms with van der Waals surface area (Å²) in [5.41, 5.74) is 2.51. The van der Waals surface area contributed by atoms with Gasteiger partial charge in [0.2, 0.25) is 17.8 Å². The molecule has 0 bridgehead atoms. The summed E-state index contributed by atoms with van der Waals surface area (Å²) in [7, 11) is 0. The van der Waals surface area contributed by atoms with Crippen LogP contribution in [-0.2, 0) is 0 Å². The highest BCUT2D eigenvalue weighted by Gasteiger charge is 2.17. The molecule has 0 spiro atoms. The largest absolute Gasteiger partial charge is 0.354 e. The van der Waals surface area contributed by atoms with Crippen LogP contribution in [0, 0.1) is 0 Å². The van der Waals surface area contributed by atoms with Crippen LogP contribution < -0.4 is 21.5 Å². The first-order valence-electron chi connectivity index (χ1n) is 7.04. The Kier molecular flexibility index (Phi) is 6.13. The zero-order valence-electron chi connectivity index (χ0n) is 11.9. The second-order valence-corrected chi connectivity index (χ2v) is 5.73. The van der Waals surface area contributed by atoms with Gasteiger partial charge in [-0.3, -0.25) is 5.43 Å². The first-order chi connectivity index (χ1) is 9.83. The fourth-order valence-corrected chi connectivity index (χ4v) is 2.63. The molecule has 7 nitrogen and oxygen atoms in total. The van der Waals surface area contributed by atoms with E-state index in [0.29, 0.717) is 17.8 Å². The highest BCUT2D eigenvalue weighted by atomic mass is 32.2. The predicted molar refractivity (Wildman–Crippen MR) is 85.2 cm³/mol. The Morgan fingerprint density at radius 1 is 1.15 bits per heavy atom. The monoisotopic (exact) mass is 297 g/mol. The number of anilines is 3. The maximum absolute atomic E-state index is 5.43. The minimum absolute atomic E-state index is 0.411. The summed E-state index contributed by atoms with van der Waals surface area (Å²) in [4.78, 5) is 15.2. The van der Waals surface area contributed by atoms with Gasteiger partial charge in [0.05, 0.1) is 0 Å². The molecular formula is C12H23N7S. The van der Waals surface area contributed by atoms with E-state index >= 15 is 0 Å². The van der Waals surface area contributed by atoms with Crippen LogP contribution in [0.2, 0.25) is 0 Å². The van der Waals surface area contributed by atoms with Crippen molar-refractivity contribution in [3.05, 3.63) is 0 Å². The molecule has 0 saturated carbocycles. The number of hydrogen-bond donors (Lipinski definition) is 3. The Morgan fingerprint density at radius 3 is 2.60 bits per heavy atom. The second kappa shape index (κ2) is 8.11. The Balaban J connectivity index is 1.94. The smallest absolute Gasteiger partial charge is 0.243 e. The third-order valence-electron chi connectivity index (χ3n) is 3.20. The van der Waals surface area contributed by atoms with Gasteiger partial charge in [-0.25, -0.2) is 5.84 Å². The van der Waals surface area contributed by atoms with E-state index in [4.69, 9.17) is 5.84 Å². The molecule has 1 saturated heterocycles. The SMILES string of the molecule is CSCCCCNc1nc(NN)nc(N2CCCC2)n1. The van der Waals surface area contributed by atoms with Gasteiger partial charge in [-0.15, -0.1) is 0 Å². The van der Waals surface area contributed by atoms with Crippen molar-refractivity contribution in [1.29, 1.82) is 0 Å². The van der Waals surface area contributed by atoms with E-state index < -0.39 is 0 Å². The number of nitrogens with zero attached hydrogens (tertiary/aromatic N) is 4. The van der Waals surface area contributed by atoms with Gasteiger partial charge in [0.15, 0.2) is 0 Å². The molecule has 0 radical (unpaired) electrons. The maximum Gasteiger partial charge on any atom is 0.243 e. The lowest BCUT2D eigenvalue weighted by Gasteiger charge is -2.16. The van der Waals surface area contributed by atoms with Crippen molar-refractivity contribution in [3.8, 4) is 0 Å². The molecule has 8 heteroatoms. The van der Waals surface area contributed by atoms with E-state index in [1.54, 1.807) is 0 Å². The molecule has 4 N–H and O–H groups in total. The zero-order valence-corrected chi connectivity index (χ0v) is 12.7. The molecule has 112 valence electrons. The highest BCUT2D eigenvalue weighted by Crippen LogP contribution is 2.18. The zero-order chi connectivity index (χ0) is 14.2. The summed E-state index contributed by atoms with van der Waals surface area (Å²) < 4.78 is 0. The van der Waals surface area contributed by atoms with Crippen LogP contribution in [0.4, 0.5) is 17.8 Å². The van der Waals surface area contributed by atoms with Crippen molar-refractivity contribution >= 4 is 29.6 Å². The molecule has 2 rings (SSSR count). The average molecular weight is 297 g/mol. The molecule has 2 heterocycles. The lowest BCUT2D eigenvalue weighted by molar-refractivity contribution is 0.825. The molecule has 0 unspecified atom stereocenters. The van der Waals surface area contributed by atoms with E-state index in [-0.39, 0.29) is 0 Å². The quantitative estimate of drug-likeness (QED) is 0.376. The topological polar surface area (TPSA) is 92.0 Å². The first-order valence-corrected chi connectivity index (χ1v) is 8.43. The number of rotatable bonds is 8. The van der Waals surface area contributed by atoms with Crippen LogP contribution in [0.1, 0.15) is 25.7 Å². The van der Waals surface area contributed by atoms with Crippen molar-refractivity contribution in [1.82, 2.24) is 15.0 Å². The van der Waals surface area contributed by atoms with Crippen LogP contribution in [0.3, 0.4) is 0 Å². The van der Waals surface area contributed by atoms with Gasteiger partial charge in [-0.2, -0.15) is 26.7 Å². The lowest BCUT2D eigenvalue weighted by atomic mass is 10.3. The van der Waals surface area contributed by atoms with Gasteiger partial charge in [-0.05, 0) is 37.7 Å². The number of aromatic nitrogens is 3. The summed E-state index contributed by atoms with van der Waals surface area (Å²) in [5, 5.41) is 3.25. The summed E-state index contributed by atoms with van der Waals surface area (Å²) in [6.45, 7) is 2.87. The highest BCUT2D eigenvalue weighted by molar-refractivity contribution is 7.98. The molecule has 1 aromatic rings. The van der Waals surface area contributed by atoms with Gasteiger partial charge in [0, 0.05) is 19.6 Å². The Labute approximate surface area is 124 Å². The summed E-state index contributed by atoms with van der Waals surface area (Å²) in [6.07, 6.45) is 6.81. The molecule has 0 amide bonds. The number of unbranched alkanes of at least 4 members (excludes halogenated alkanes) is 1. The number of thioether (sulfide) groups is 1. The molecular weight excluding hydrogens is 274 g/mol. The number of hydrazine groups is 1. The van der Waals surface area contributed by atoms with Crippen molar-refractivity contribution in [2.75, 3.05) is 47.3 Å². The molecule has 0 aliphatic carbocycles. The van der Waals surface area contributed by atoms with E-state index in [9.17, 15) is 0 Å². The van der Waals surface area contributed by atoms with E-state index in [1.807, 2.05) is 11.8 Å². The molecule has 0 atom stereocenters. The summed E-state index contributed by atoms with van der Waals surface area (Å²) in [5.74, 6) is 8.33. The van der Waals surface area contributed by atoms with E-state index in [1.165, 1.54) is 25.0 Å². The molecule has 0 aromatic carbocycles. The summed E-state index contributed by atoms with van der Waals surface area (Å²) >= 11 is 1.87. The molecule has 20 heavy (non-hydrogen) atoms. The molecule has 1 fully saturated rings. The van der Waals surface area contributed by atoms with Crippen LogP contribution in [0.25, 0.3) is 0 Å². The van der Waals surface area contributed by atoms with Crippen LogP contribution in [0.15, 0.2) is 0 Å². The average Bonchev–Trinajstić information content (AvgIpc) is 3.01. The number of nitrogen functional groups attached to an aromatic ring is 1. The minimum atomic E-state index is 0.411. The van der Waals surface area contributed by atoms with Gasteiger partial charge in [0.25, 0.3) is 0 Å². The van der Waals surface area contributed by atoms with Crippen LogP contribution in [0.5, 0.6) is 0 Å². The Bertz CT molecular complexity index is 409. The fourth-order valence-electron chi connectivity index (χ4n) is 2.14. The van der Waals surface area contributed by atoms with Gasteiger partial charge < -0.3 is 10.2 Å². The fraction of sp³-hybridized carbons (Fsp3) is 0.750. The normalized spacial score (nSPS) is 14.6. The van der Waals surface area contributed by atoms with Crippen LogP contribution >= 0.6 is 11.8 Å². The van der Waals surface area contributed by atoms with Gasteiger partial charge in [-0.1, -0.05) is 0 Å². The van der Waals surface area contributed by atoms with Crippen molar-refractivity contribution in [2.24, 2.45) is 5.84 Å². The van der Waals surface area contributed by atoms with Crippen LogP contribution in [-0.4, -0.2) is 46.6 Å². The molecule has 1 aliphatic rings. The Morgan fingerprint density at radius 2 is 1.90 bits per heavy atom. The first kappa shape index (κ1) is 15.1. The lowest BCUT2D eigenvalue weighted by Crippen LogP contribution is -2.23. The molecule has 1 aromatic heterocycles. The third kappa shape index (κ3) is 4.38. The van der Waals surface area contributed by atoms with E-state index in [0.717, 1.165) is 26.1 Å². The van der Waals surface area contributed by atoms with Gasteiger partial charge in [0.1, 0.15) is 0 Å². The maximum atomic E-state index is 5.43. The number of hydrogen-bond acceptors (Lipinski definition) is 8. The number of nitrogens with two attached hydrogens (primary N) is 1. The standard InChI is InChI=1S/C12H23N7S/c1-20-9-5-2-6-14-10-15-11(18-13)17-12(16-10)19-7-3-4-8-19/h2-9,13H2,1H3,(H2,14,15,16,17,18). The van der Waals surface area contributed by atoms with Gasteiger partial charge >= 0.3 is 0 Å². The molecule has 1 aliphatic heterocycles. The summed E-state index contributed by atoms with van der Waals surface area (Å²) in [6, 6.07) is 0. The second-order valence-electron chi connectivity index (χ2n) is 4.75. The van der Waals surface area contributed by atoms with Crippen molar-refractivity contribution in [3.63, 3.8) is 0 Å². The third-order valence-corrected chi connectivity index (χ3v) is 3.90. The Hall–Kier alpha value is -1.28. The van der Waals surface area contributed by atoms with E-state index in [2.05, 4.69) is 36.9 Å². The van der Waals surface area contributed by atoms with Crippen molar-refractivity contribution < 1.29 is 0 Å². The number of nitrogens with one attached hydrogen (secondary N) is 2. The minimum Gasteiger partial charge on any atom is -0.354 e. The van der Waals surface area contributed by atoms with Crippen molar-refractivity contribution in [2.45, 2.75) is 25.7 Å². The predicted octanol–water partition coefficient (Wildman–Crippen LogP) is 1.31.